The molecule has 0 saturated carbocycles. The molecular weight excluding hydrogens is 318 g/mol. The van der Waals surface area contributed by atoms with E-state index in [1.807, 2.05) is 0 Å². The monoisotopic (exact) mass is 329 g/mol. The highest BCUT2D eigenvalue weighted by Crippen LogP contribution is 2.26. The summed E-state index contributed by atoms with van der Waals surface area (Å²) in [5.74, 6) is -1.70. The van der Waals surface area contributed by atoms with Crippen LogP contribution in [0, 0.1) is 0 Å². The second-order valence-corrected chi connectivity index (χ2v) is 5.39. The summed E-state index contributed by atoms with van der Waals surface area (Å²) in [5, 5.41) is 1.25. The summed E-state index contributed by atoms with van der Waals surface area (Å²) in [6, 6.07) is 6.27. The molecular formula is C16H12ClN3O3. The molecule has 2 heterocycles. The zero-order valence-corrected chi connectivity index (χ0v) is 12.8. The normalized spacial score (nSPS) is 14.9. The van der Waals surface area contributed by atoms with Gasteiger partial charge in [-0.1, -0.05) is 23.7 Å². The Balaban J connectivity index is 1.98. The molecule has 0 unspecified atom stereocenters. The van der Waals surface area contributed by atoms with Crippen molar-refractivity contribution in [2.75, 3.05) is 6.54 Å². The first-order valence-corrected chi connectivity index (χ1v) is 7.22. The van der Waals surface area contributed by atoms with Gasteiger partial charge in [0.15, 0.2) is 0 Å². The predicted octanol–water partition coefficient (Wildman–Crippen LogP) is 2.37. The van der Waals surface area contributed by atoms with Gasteiger partial charge in [0.2, 0.25) is 0 Å². The van der Waals surface area contributed by atoms with Crippen LogP contribution in [0.3, 0.4) is 0 Å². The molecule has 1 aromatic carbocycles. The number of amides is 4. The van der Waals surface area contributed by atoms with Gasteiger partial charge in [-0.3, -0.25) is 24.4 Å². The van der Waals surface area contributed by atoms with E-state index in [4.69, 9.17) is 11.6 Å². The Labute approximate surface area is 136 Å². The van der Waals surface area contributed by atoms with Crippen molar-refractivity contribution in [2.24, 2.45) is 0 Å². The molecule has 3 rings (SSSR count). The summed E-state index contributed by atoms with van der Waals surface area (Å²) in [4.78, 5) is 42.2. The molecule has 116 valence electrons. The van der Waals surface area contributed by atoms with Gasteiger partial charge < -0.3 is 0 Å². The topological polar surface area (TPSA) is 70.6 Å². The van der Waals surface area contributed by atoms with E-state index < -0.39 is 17.8 Å². The summed E-state index contributed by atoms with van der Waals surface area (Å²) in [7, 11) is 0. The quantitative estimate of drug-likeness (QED) is 0.490. The van der Waals surface area contributed by atoms with Crippen LogP contribution in [-0.2, 0) is 16.1 Å². The average molecular weight is 330 g/mol. The van der Waals surface area contributed by atoms with Crippen molar-refractivity contribution >= 4 is 40.3 Å². The number of rotatable bonds is 4. The van der Waals surface area contributed by atoms with Gasteiger partial charge >= 0.3 is 17.8 Å². The van der Waals surface area contributed by atoms with Gasteiger partial charge in [-0.15, -0.1) is 6.58 Å². The zero-order valence-electron chi connectivity index (χ0n) is 12.0. The molecule has 7 heteroatoms. The van der Waals surface area contributed by atoms with Crippen molar-refractivity contribution in [3.63, 3.8) is 0 Å². The van der Waals surface area contributed by atoms with E-state index in [0.29, 0.717) is 16.1 Å². The minimum Gasteiger partial charge on any atom is -0.263 e. The lowest BCUT2D eigenvalue weighted by molar-refractivity contribution is -0.143. The lowest BCUT2D eigenvalue weighted by atomic mass is 10.1. The van der Waals surface area contributed by atoms with Gasteiger partial charge in [-0.05, 0) is 23.8 Å². The first-order chi connectivity index (χ1) is 11.0. The molecule has 1 aromatic heterocycles. The Hall–Kier alpha value is -2.73. The molecule has 2 aromatic rings. The van der Waals surface area contributed by atoms with Crippen LogP contribution in [0.1, 0.15) is 5.56 Å². The van der Waals surface area contributed by atoms with Crippen LogP contribution in [0.25, 0.3) is 10.9 Å². The zero-order chi connectivity index (χ0) is 16.6. The lowest BCUT2D eigenvalue weighted by Gasteiger charge is -2.15. The number of fused-ring (bicyclic) bond motifs is 1. The molecule has 0 spiro atoms. The maximum Gasteiger partial charge on any atom is 0.334 e. The number of imide groups is 2. The molecule has 1 aliphatic heterocycles. The third-order valence-corrected chi connectivity index (χ3v) is 3.90. The van der Waals surface area contributed by atoms with E-state index >= 15 is 0 Å². The largest absolute Gasteiger partial charge is 0.334 e. The lowest BCUT2D eigenvalue weighted by Crippen LogP contribution is -2.33. The number of pyridine rings is 1. The number of halogens is 1. The number of benzene rings is 1. The highest BCUT2D eigenvalue weighted by molar-refractivity contribution is 6.44. The molecule has 1 fully saturated rings. The summed E-state index contributed by atoms with van der Waals surface area (Å²) >= 11 is 6.13. The molecule has 1 aliphatic rings. The Bertz CT molecular complexity index is 850. The smallest absolute Gasteiger partial charge is 0.263 e. The number of nitrogens with zero attached hydrogens (tertiary/aromatic N) is 3. The van der Waals surface area contributed by atoms with Crippen molar-refractivity contribution in [2.45, 2.75) is 6.54 Å². The summed E-state index contributed by atoms with van der Waals surface area (Å²) in [6.07, 6.45) is 3.00. The fourth-order valence-corrected chi connectivity index (χ4v) is 2.69. The van der Waals surface area contributed by atoms with Crippen LogP contribution in [0.4, 0.5) is 4.79 Å². The maximum atomic E-state index is 12.2. The van der Waals surface area contributed by atoms with Crippen molar-refractivity contribution < 1.29 is 14.4 Å². The molecule has 0 aliphatic carbocycles. The molecule has 0 radical (unpaired) electrons. The van der Waals surface area contributed by atoms with Gasteiger partial charge in [0.05, 0.1) is 12.1 Å². The highest BCUT2D eigenvalue weighted by Gasteiger charge is 2.43. The fraction of sp³-hybridized carbons (Fsp3) is 0.125. The Morgan fingerprint density at radius 1 is 1.13 bits per heavy atom. The Kier molecular flexibility index (Phi) is 3.83. The van der Waals surface area contributed by atoms with Crippen molar-refractivity contribution in [1.29, 1.82) is 0 Å². The van der Waals surface area contributed by atoms with Crippen molar-refractivity contribution in [3.05, 3.63) is 53.7 Å². The summed E-state index contributed by atoms with van der Waals surface area (Å²) < 4.78 is 0. The molecule has 23 heavy (non-hydrogen) atoms. The maximum absolute atomic E-state index is 12.2. The number of carbonyl (C=O) groups is 3. The second kappa shape index (κ2) is 5.81. The molecule has 1 saturated heterocycles. The first kappa shape index (κ1) is 15.2. The Morgan fingerprint density at radius 3 is 2.61 bits per heavy atom. The number of hydrogen-bond donors (Lipinski definition) is 0. The fourth-order valence-electron chi connectivity index (χ4n) is 2.47. The minimum absolute atomic E-state index is 0.000474. The third kappa shape index (κ3) is 2.47. The van der Waals surface area contributed by atoms with Gasteiger partial charge in [0.25, 0.3) is 0 Å². The van der Waals surface area contributed by atoms with Crippen LogP contribution >= 0.6 is 11.6 Å². The van der Waals surface area contributed by atoms with Gasteiger partial charge in [0, 0.05) is 23.2 Å². The van der Waals surface area contributed by atoms with E-state index in [9.17, 15) is 14.4 Å². The molecule has 0 bridgehead atoms. The number of hydrogen-bond acceptors (Lipinski definition) is 4. The standard InChI is InChI=1S/C16H12ClN3O3/c1-2-8-19-14(21)15(22)20(16(19)23)9-10-5-6-12(17)11-4-3-7-18-13(10)11/h2-7H,1,8-9H2. The van der Waals surface area contributed by atoms with Crippen LogP contribution in [0.15, 0.2) is 43.1 Å². The third-order valence-electron chi connectivity index (χ3n) is 3.58. The minimum atomic E-state index is -0.851. The van der Waals surface area contributed by atoms with E-state index in [0.717, 1.165) is 15.2 Å². The van der Waals surface area contributed by atoms with E-state index in [-0.39, 0.29) is 13.1 Å². The SMILES string of the molecule is C=CCN1C(=O)C(=O)N(Cc2ccc(Cl)c3cccnc23)C1=O. The molecule has 6 nitrogen and oxygen atoms in total. The molecule has 4 amide bonds. The average Bonchev–Trinajstić information content (AvgIpc) is 2.75. The first-order valence-electron chi connectivity index (χ1n) is 6.85. The van der Waals surface area contributed by atoms with Crippen LogP contribution < -0.4 is 0 Å². The Morgan fingerprint density at radius 2 is 1.87 bits per heavy atom. The number of aromatic nitrogens is 1. The highest BCUT2D eigenvalue weighted by atomic mass is 35.5. The number of carbonyl (C=O) groups excluding carboxylic acids is 3. The van der Waals surface area contributed by atoms with Crippen LogP contribution in [-0.4, -0.2) is 39.2 Å². The van der Waals surface area contributed by atoms with Gasteiger partial charge in [-0.25, -0.2) is 4.79 Å². The van der Waals surface area contributed by atoms with E-state index in [2.05, 4.69) is 11.6 Å². The summed E-state index contributed by atoms with van der Waals surface area (Å²) in [5.41, 5.74) is 1.23. The second-order valence-electron chi connectivity index (χ2n) is 4.98. The van der Waals surface area contributed by atoms with Crippen molar-refractivity contribution in [3.8, 4) is 0 Å². The van der Waals surface area contributed by atoms with E-state index in [1.54, 1.807) is 30.5 Å². The van der Waals surface area contributed by atoms with E-state index in [1.165, 1.54) is 6.08 Å². The number of urea groups is 1. The van der Waals surface area contributed by atoms with Crippen LogP contribution in [0.5, 0.6) is 0 Å². The van der Waals surface area contributed by atoms with Crippen LogP contribution in [0.2, 0.25) is 5.02 Å². The molecule has 0 atom stereocenters. The van der Waals surface area contributed by atoms with Crippen molar-refractivity contribution in [1.82, 2.24) is 14.8 Å². The summed E-state index contributed by atoms with van der Waals surface area (Å²) in [6.45, 7) is 3.44. The molecule has 0 N–H and O–H groups in total. The predicted molar refractivity (Wildman–Crippen MR) is 84.6 cm³/mol. The van der Waals surface area contributed by atoms with Gasteiger partial charge in [0.1, 0.15) is 0 Å². The van der Waals surface area contributed by atoms with Gasteiger partial charge in [-0.2, -0.15) is 0 Å².